The molecular formula is C19H20N2O. The van der Waals surface area contributed by atoms with Gasteiger partial charge in [-0.15, -0.1) is 0 Å². The summed E-state index contributed by atoms with van der Waals surface area (Å²) in [5, 5.41) is 1.05. The van der Waals surface area contributed by atoms with Gasteiger partial charge < -0.3 is 10.5 Å². The number of nitrogens with two attached hydrogens (primary N) is 1. The summed E-state index contributed by atoms with van der Waals surface area (Å²) in [5.41, 5.74) is 7.98. The smallest absolute Gasteiger partial charge is 0.145 e. The van der Waals surface area contributed by atoms with Gasteiger partial charge in [-0.25, -0.2) is 4.98 Å². The number of unbranched alkanes of at least 4 members (excludes halogenated alkanes) is 1. The van der Waals surface area contributed by atoms with Crippen molar-refractivity contribution in [2.24, 2.45) is 0 Å². The molecule has 3 aromatic rings. The van der Waals surface area contributed by atoms with Crippen LogP contribution in [0, 0.1) is 0 Å². The van der Waals surface area contributed by atoms with Crippen LogP contribution < -0.4 is 10.5 Å². The SMILES string of the molecule is Nc1ccc2cccc(OCCCCc3ccccc3)c2n1. The minimum Gasteiger partial charge on any atom is -0.491 e. The molecule has 0 saturated carbocycles. The van der Waals surface area contributed by atoms with Crippen molar-refractivity contribution in [3.05, 3.63) is 66.2 Å². The number of ether oxygens (including phenoxy) is 1. The minimum atomic E-state index is 0.521. The highest BCUT2D eigenvalue weighted by molar-refractivity contribution is 5.85. The van der Waals surface area contributed by atoms with Gasteiger partial charge in [-0.1, -0.05) is 42.5 Å². The van der Waals surface area contributed by atoms with E-state index in [9.17, 15) is 0 Å². The summed E-state index contributed by atoms with van der Waals surface area (Å²) in [4.78, 5) is 4.37. The lowest BCUT2D eigenvalue weighted by Gasteiger charge is -2.09. The van der Waals surface area contributed by atoms with Crippen molar-refractivity contribution in [3.8, 4) is 5.75 Å². The number of aromatic nitrogens is 1. The van der Waals surface area contributed by atoms with Crippen LogP contribution in [0.25, 0.3) is 10.9 Å². The van der Waals surface area contributed by atoms with Gasteiger partial charge in [-0.2, -0.15) is 0 Å². The molecule has 0 amide bonds. The first-order chi connectivity index (χ1) is 10.8. The molecule has 22 heavy (non-hydrogen) atoms. The number of hydrogen-bond donors (Lipinski definition) is 1. The third-order valence-corrected chi connectivity index (χ3v) is 3.66. The van der Waals surface area contributed by atoms with E-state index in [-0.39, 0.29) is 0 Å². The third-order valence-electron chi connectivity index (χ3n) is 3.66. The van der Waals surface area contributed by atoms with E-state index in [1.54, 1.807) is 0 Å². The molecule has 112 valence electrons. The fourth-order valence-electron chi connectivity index (χ4n) is 2.51. The third kappa shape index (κ3) is 3.55. The summed E-state index contributed by atoms with van der Waals surface area (Å²) in [7, 11) is 0. The van der Waals surface area contributed by atoms with E-state index in [1.165, 1.54) is 5.56 Å². The first kappa shape index (κ1) is 14.4. The predicted octanol–water partition coefficient (Wildman–Crippen LogP) is 4.22. The molecule has 1 heterocycles. The number of anilines is 1. The Morgan fingerprint density at radius 2 is 1.73 bits per heavy atom. The van der Waals surface area contributed by atoms with Crippen molar-refractivity contribution >= 4 is 16.7 Å². The summed E-state index contributed by atoms with van der Waals surface area (Å²) in [6.07, 6.45) is 3.23. The second kappa shape index (κ2) is 6.94. The van der Waals surface area contributed by atoms with Gasteiger partial charge in [0, 0.05) is 5.39 Å². The maximum atomic E-state index is 5.89. The highest BCUT2D eigenvalue weighted by Gasteiger charge is 2.04. The maximum absolute atomic E-state index is 5.89. The van der Waals surface area contributed by atoms with Gasteiger partial charge >= 0.3 is 0 Å². The van der Waals surface area contributed by atoms with Gasteiger partial charge in [0.2, 0.25) is 0 Å². The molecular weight excluding hydrogens is 272 g/mol. The Bertz CT molecular complexity index is 741. The van der Waals surface area contributed by atoms with E-state index in [4.69, 9.17) is 10.5 Å². The number of nitrogens with zero attached hydrogens (tertiary/aromatic N) is 1. The van der Waals surface area contributed by atoms with E-state index in [1.807, 2.05) is 36.4 Å². The largest absolute Gasteiger partial charge is 0.491 e. The van der Waals surface area contributed by atoms with Gasteiger partial charge in [0.25, 0.3) is 0 Å². The molecule has 2 N–H and O–H groups in total. The van der Waals surface area contributed by atoms with Gasteiger partial charge in [0.15, 0.2) is 0 Å². The van der Waals surface area contributed by atoms with Crippen LogP contribution in [0.3, 0.4) is 0 Å². The zero-order chi connectivity index (χ0) is 15.2. The molecule has 1 aromatic heterocycles. The number of aryl methyl sites for hydroxylation is 1. The molecule has 0 saturated heterocycles. The molecule has 0 aliphatic carbocycles. The van der Waals surface area contributed by atoms with Crippen LogP contribution in [-0.2, 0) is 6.42 Å². The number of benzene rings is 2. The Morgan fingerprint density at radius 1 is 0.864 bits per heavy atom. The molecule has 0 fully saturated rings. The molecule has 3 nitrogen and oxygen atoms in total. The lowest BCUT2D eigenvalue weighted by atomic mass is 10.1. The van der Waals surface area contributed by atoms with Crippen molar-refractivity contribution in [1.82, 2.24) is 4.98 Å². The molecule has 0 spiro atoms. The Kier molecular flexibility index (Phi) is 4.54. The Balaban J connectivity index is 1.55. The number of rotatable bonds is 6. The van der Waals surface area contributed by atoms with Gasteiger partial charge in [0.05, 0.1) is 6.61 Å². The molecule has 0 aliphatic rings. The summed E-state index contributed by atoms with van der Waals surface area (Å²) in [6, 6.07) is 20.3. The van der Waals surface area contributed by atoms with Crippen LogP contribution in [0.15, 0.2) is 60.7 Å². The van der Waals surface area contributed by atoms with E-state index in [0.29, 0.717) is 12.4 Å². The molecule has 0 bridgehead atoms. The summed E-state index contributed by atoms with van der Waals surface area (Å²) >= 11 is 0. The van der Waals surface area contributed by atoms with Gasteiger partial charge in [-0.3, -0.25) is 0 Å². The first-order valence-corrected chi connectivity index (χ1v) is 7.65. The Hall–Kier alpha value is -2.55. The fraction of sp³-hybridized carbons (Fsp3) is 0.211. The minimum absolute atomic E-state index is 0.521. The topological polar surface area (TPSA) is 48.1 Å². The van der Waals surface area contributed by atoms with Crippen molar-refractivity contribution < 1.29 is 4.74 Å². The zero-order valence-electron chi connectivity index (χ0n) is 12.5. The summed E-state index contributed by atoms with van der Waals surface area (Å²) in [5.74, 6) is 1.33. The molecule has 3 heteroatoms. The van der Waals surface area contributed by atoms with Crippen molar-refractivity contribution in [2.75, 3.05) is 12.3 Å². The zero-order valence-corrected chi connectivity index (χ0v) is 12.5. The molecule has 0 aliphatic heterocycles. The lowest BCUT2D eigenvalue weighted by molar-refractivity contribution is 0.310. The van der Waals surface area contributed by atoms with Crippen LogP contribution in [0.4, 0.5) is 5.82 Å². The average Bonchev–Trinajstić information content (AvgIpc) is 2.56. The van der Waals surface area contributed by atoms with Crippen LogP contribution in [-0.4, -0.2) is 11.6 Å². The van der Waals surface area contributed by atoms with Gasteiger partial charge in [-0.05, 0) is 43.0 Å². The first-order valence-electron chi connectivity index (χ1n) is 7.65. The van der Waals surface area contributed by atoms with Gasteiger partial charge in [0.1, 0.15) is 17.1 Å². The Labute approximate surface area is 130 Å². The molecule has 2 aromatic carbocycles. The number of para-hydroxylation sites is 1. The number of pyridine rings is 1. The van der Waals surface area contributed by atoms with Crippen molar-refractivity contribution in [1.29, 1.82) is 0 Å². The monoisotopic (exact) mass is 292 g/mol. The normalized spacial score (nSPS) is 10.7. The summed E-state index contributed by atoms with van der Waals surface area (Å²) in [6.45, 7) is 0.697. The average molecular weight is 292 g/mol. The molecule has 3 rings (SSSR count). The molecule has 0 radical (unpaired) electrons. The maximum Gasteiger partial charge on any atom is 0.145 e. The van der Waals surface area contributed by atoms with E-state index >= 15 is 0 Å². The van der Waals surface area contributed by atoms with E-state index in [2.05, 4.69) is 29.2 Å². The summed E-state index contributed by atoms with van der Waals surface area (Å²) < 4.78 is 5.89. The predicted molar refractivity (Wildman–Crippen MR) is 91.0 cm³/mol. The molecule has 0 atom stereocenters. The quantitative estimate of drug-likeness (QED) is 0.692. The highest BCUT2D eigenvalue weighted by Crippen LogP contribution is 2.24. The standard InChI is InChI=1S/C19H20N2O/c20-18-13-12-16-10-6-11-17(19(16)21-18)22-14-5-4-9-15-7-2-1-3-8-15/h1-3,6-8,10-13H,4-5,9,14H2,(H2,20,21). The lowest BCUT2D eigenvalue weighted by Crippen LogP contribution is -2.00. The second-order valence-electron chi connectivity index (χ2n) is 5.36. The number of fused-ring (bicyclic) bond motifs is 1. The molecule has 0 unspecified atom stereocenters. The Morgan fingerprint density at radius 3 is 2.59 bits per heavy atom. The van der Waals surface area contributed by atoms with Crippen molar-refractivity contribution in [3.63, 3.8) is 0 Å². The van der Waals surface area contributed by atoms with Crippen LogP contribution >= 0.6 is 0 Å². The van der Waals surface area contributed by atoms with Crippen LogP contribution in [0.1, 0.15) is 18.4 Å². The number of nitrogen functional groups attached to an aromatic ring is 1. The number of hydrogen-bond acceptors (Lipinski definition) is 3. The van der Waals surface area contributed by atoms with E-state index in [0.717, 1.165) is 35.9 Å². The fourth-order valence-corrected chi connectivity index (χ4v) is 2.51. The van der Waals surface area contributed by atoms with Crippen LogP contribution in [0.5, 0.6) is 5.75 Å². The highest BCUT2D eigenvalue weighted by atomic mass is 16.5. The second-order valence-corrected chi connectivity index (χ2v) is 5.36. The van der Waals surface area contributed by atoms with Crippen molar-refractivity contribution in [2.45, 2.75) is 19.3 Å². The van der Waals surface area contributed by atoms with E-state index < -0.39 is 0 Å². The van der Waals surface area contributed by atoms with Crippen LogP contribution in [0.2, 0.25) is 0 Å².